The van der Waals surface area contributed by atoms with Crippen molar-refractivity contribution in [1.82, 2.24) is 20.1 Å². The number of ether oxygens (including phenoxy) is 1. The summed E-state index contributed by atoms with van der Waals surface area (Å²) in [6.07, 6.45) is 4.59. The fraction of sp³-hybridized carbons (Fsp3) is 0.346. The Kier molecular flexibility index (Phi) is 9.40. The first kappa shape index (κ1) is 26.2. The predicted molar refractivity (Wildman–Crippen MR) is 131 cm³/mol. The number of carboxylic acid groups (broad SMARTS) is 1. The maximum Gasteiger partial charge on any atom is 0.409 e. The van der Waals surface area contributed by atoms with Gasteiger partial charge in [0.1, 0.15) is 18.3 Å². The number of hydrogen-bond acceptors (Lipinski definition) is 6. The molecule has 1 aromatic heterocycles. The molecule has 36 heavy (non-hydrogen) atoms. The quantitative estimate of drug-likeness (QED) is 0.405. The van der Waals surface area contributed by atoms with Gasteiger partial charge in [-0.15, -0.1) is 12.3 Å². The van der Waals surface area contributed by atoms with Gasteiger partial charge in [0.25, 0.3) is 5.91 Å². The molecule has 1 saturated heterocycles. The zero-order valence-corrected chi connectivity index (χ0v) is 19.8. The van der Waals surface area contributed by atoms with Crippen LogP contribution >= 0.6 is 0 Å². The molecule has 3 rings (SSSR count). The average Bonchev–Trinajstić information content (AvgIpc) is 2.91. The van der Waals surface area contributed by atoms with Crippen LogP contribution in [0.3, 0.4) is 0 Å². The topological polar surface area (TPSA) is 129 Å². The molecular formula is C26H28N4O6. The van der Waals surface area contributed by atoms with Crippen molar-refractivity contribution >= 4 is 23.9 Å². The van der Waals surface area contributed by atoms with E-state index in [0.717, 1.165) is 5.56 Å². The standard InChI is InChI=1S/C26H28N4O6/c1-2-3-18-36-26(35)30-16-14-29(15-17-30)25(34)22(12-13-23(31)32)28-24(33)21-11-7-10-20(27-21)19-8-5-4-6-9-19/h1,4-11,22H,3,12-18H2,(H,28,33)(H,31,32)/t22-/m0/s1. The summed E-state index contributed by atoms with van der Waals surface area (Å²) in [7, 11) is 0. The Morgan fingerprint density at radius 3 is 2.39 bits per heavy atom. The summed E-state index contributed by atoms with van der Waals surface area (Å²) in [5.41, 5.74) is 1.55. The SMILES string of the molecule is C#CCCOC(=O)N1CCN(C(=O)[C@H](CCC(=O)O)NC(=O)c2cccc(-c3ccccc3)n2)CC1. The zero-order valence-electron chi connectivity index (χ0n) is 19.8. The van der Waals surface area contributed by atoms with Gasteiger partial charge in [-0.1, -0.05) is 36.4 Å². The van der Waals surface area contributed by atoms with Gasteiger partial charge in [0.05, 0.1) is 5.69 Å². The Hall–Kier alpha value is -4.39. The van der Waals surface area contributed by atoms with Gasteiger partial charge in [-0.2, -0.15) is 0 Å². The van der Waals surface area contributed by atoms with Crippen molar-refractivity contribution in [3.63, 3.8) is 0 Å². The number of aliphatic carboxylic acids is 1. The van der Waals surface area contributed by atoms with E-state index in [2.05, 4.69) is 16.2 Å². The summed E-state index contributed by atoms with van der Waals surface area (Å²) in [4.78, 5) is 56.8. The van der Waals surface area contributed by atoms with E-state index >= 15 is 0 Å². The van der Waals surface area contributed by atoms with E-state index in [9.17, 15) is 19.2 Å². The smallest absolute Gasteiger partial charge is 0.409 e. The molecule has 0 saturated carbocycles. The van der Waals surface area contributed by atoms with E-state index in [0.29, 0.717) is 12.1 Å². The normalized spacial score (nSPS) is 13.9. The van der Waals surface area contributed by atoms with Crippen molar-refractivity contribution < 1.29 is 29.0 Å². The van der Waals surface area contributed by atoms with Crippen molar-refractivity contribution in [2.75, 3.05) is 32.8 Å². The van der Waals surface area contributed by atoms with Crippen LogP contribution in [0.25, 0.3) is 11.3 Å². The van der Waals surface area contributed by atoms with E-state index in [-0.39, 0.29) is 51.3 Å². The number of hydrogen-bond donors (Lipinski definition) is 2. The molecule has 10 heteroatoms. The Morgan fingerprint density at radius 2 is 1.72 bits per heavy atom. The number of carbonyl (C=O) groups excluding carboxylic acids is 3. The van der Waals surface area contributed by atoms with Crippen molar-refractivity contribution in [3.8, 4) is 23.6 Å². The molecule has 0 bridgehead atoms. The van der Waals surface area contributed by atoms with Gasteiger partial charge in [0.2, 0.25) is 5.91 Å². The molecule has 0 aliphatic carbocycles. The molecular weight excluding hydrogens is 464 g/mol. The predicted octanol–water partition coefficient (Wildman–Crippen LogP) is 2.02. The molecule has 2 aromatic rings. The van der Waals surface area contributed by atoms with Gasteiger partial charge < -0.3 is 25.0 Å². The Morgan fingerprint density at radius 1 is 1.03 bits per heavy atom. The van der Waals surface area contributed by atoms with E-state index in [1.165, 1.54) is 15.9 Å². The summed E-state index contributed by atoms with van der Waals surface area (Å²) < 4.78 is 5.09. The second-order valence-corrected chi connectivity index (χ2v) is 8.11. The van der Waals surface area contributed by atoms with Crippen molar-refractivity contribution in [1.29, 1.82) is 0 Å². The minimum atomic E-state index is -1.08. The number of nitrogens with zero attached hydrogens (tertiary/aromatic N) is 3. The van der Waals surface area contributed by atoms with Gasteiger partial charge in [-0.3, -0.25) is 14.4 Å². The number of benzene rings is 1. The highest BCUT2D eigenvalue weighted by atomic mass is 16.6. The average molecular weight is 493 g/mol. The number of aromatic nitrogens is 1. The second-order valence-electron chi connectivity index (χ2n) is 8.11. The molecule has 3 amide bonds. The molecule has 0 radical (unpaired) electrons. The fourth-order valence-corrected chi connectivity index (χ4v) is 3.71. The van der Waals surface area contributed by atoms with Crippen LogP contribution in [0.2, 0.25) is 0 Å². The van der Waals surface area contributed by atoms with Crippen LogP contribution in [0.4, 0.5) is 4.79 Å². The van der Waals surface area contributed by atoms with Gasteiger partial charge >= 0.3 is 12.1 Å². The van der Waals surface area contributed by atoms with Crippen LogP contribution in [0, 0.1) is 12.3 Å². The first-order chi connectivity index (χ1) is 17.4. The molecule has 2 heterocycles. The molecule has 1 fully saturated rings. The lowest BCUT2D eigenvalue weighted by atomic mass is 10.1. The highest BCUT2D eigenvalue weighted by Gasteiger charge is 2.31. The van der Waals surface area contributed by atoms with Gasteiger partial charge in [0, 0.05) is 44.6 Å². The zero-order chi connectivity index (χ0) is 25.9. The van der Waals surface area contributed by atoms with Crippen LogP contribution in [0.15, 0.2) is 48.5 Å². The summed E-state index contributed by atoms with van der Waals surface area (Å²) in [6, 6.07) is 13.3. The molecule has 1 atom stereocenters. The number of carboxylic acids is 1. The van der Waals surface area contributed by atoms with E-state index in [4.69, 9.17) is 16.3 Å². The summed E-state index contributed by atoms with van der Waals surface area (Å²) in [6.45, 7) is 1.08. The highest BCUT2D eigenvalue weighted by molar-refractivity contribution is 5.96. The Bertz CT molecular complexity index is 1120. The third kappa shape index (κ3) is 7.30. The third-order valence-corrected chi connectivity index (χ3v) is 5.62. The lowest BCUT2D eigenvalue weighted by Crippen LogP contribution is -2.56. The maximum atomic E-state index is 13.2. The Labute approximate surface area is 209 Å². The minimum Gasteiger partial charge on any atom is -0.481 e. The summed E-state index contributed by atoms with van der Waals surface area (Å²) >= 11 is 0. The fourth-order valence-electron chi connectivity index (χ4n) is 3.71. The van der Waals surface area contributed by atoms with E-state index in [1.807, 2.05) is 30.3 Å². The van der Waals surface area contributed by atoms with Crippen molar-refractivity contribution in [2.24, 2.45) is 0 Å². The molecule has 0 spiro atoms. The van der Waals surface area contributed by atoms with E-state index < -0.39 is 29.9 Å². The molecule has 10 nitrogen and oxygen atoms in total. The van der Waals surface area contributed by atoms with Gasteiger partial charge in [-0.25, -0.2) is 9.78 Å². The van der Waals surface area contributed by atoms with Gasteiger partial charge in [-0.05, 0) is 18.6 Å². The van der Waals surface area contributed by atoms with Gasteiger partial charge in [0.15, 0.2) is 0 Å². The molecule has 0 unspecified atom stereocenters. The summed E-state index contributed by atoms with van der Waals surface area (Å²) in [5, 5.41) is 11.8. The minimum absolute atomic E-state index is 0.0768. The van der Waals surface area contributed by atoms with Crippen LogP contribution in [0.1, 0.15) is 29.8 Å². The first-order valence-electron chi connectivity index (χ1n) is 11.6. The number of piperazine rings is 1. The lowest BCUT2D eigenvalue weighted by Gasteiger charge is -2.36. The van der Waals surface area contributed by atoms with E-state index in [1.54, 1.807) is 12.1 Å². The number of carbonyl (C=O) groups is 4. The first-order valence-corrected chi connectivity index (χ1v) is 11.6. The monoisotopic (exact) mass is 492 g/mol. The summed E-state index contributed by atoms with van der Waals surface area (Å²) in [5.74, 6) is 0.322. The maximum absolute atomic E-state index is 13.2. The molecule has 1 aromatic carbocycles. The number of nitrogens with one attached hydrogen (secondary N) is 1. The third-order valence-electron chi connectivity index (χ3n) is 5.62. The van der Waals surface area contributed by atoms with Crippen LogP contribution in [0.5, 0.6) is 0 Å². The largest absolute Gasteiger partial charge is 0.481 e. The molecule has 2 N–H and O–H groups in total. The van der Waals surface area contributed by atoms with Crippen molar-refractivity contribution in [2.45, 2.75) is 25.3 Å². The molecule has 1 aliphatic heterocycles. The number of terminal acetylenes is 1. The van der Waals surface area contributed by atoms with Crippen LogP contribution in [-0.4, -0.2) is 82.6 Å². The molecule has 1 aliphatic rings. The second kappa shape index (κ2) is 12.9. The number of pyridine rings is 1. The highest BCUT2D eigenvalue weighted by Crippen LogP contribution is 2.17. The lowest BCUT2D eigenvalue weighted by molar-refractivity contribution is -0.138. The number of amides is 3. The van der Waals surface area contributed by atoms with Crippen LogP contribution < -0.4 is 5.32 Å². The van der Waals surface area contributed by atoms with Crippen LogP contribution in [-0.2, 0) is 14.3 Å². The molecule has 188 valence electrons. The van der Waals surface area contributed by atoms with Crippen molar-refractivity contribution in [3.05, 3.63) is 54.2 Å². The Balaban J connectivity index is 1.65. The number of rotatable bonds is 9.